The first-order valence-electron chi connectivity index (χ1n) is 4.99. The van der Waals surface area contributed by atoms with Gasteiger partial charge in [0.2, 0.25) is 0 Å². The Morgan fingerprint density at radius 2 is 1.86 bits per heavy atom. The predicted octanol–water partition coefficient (Wildman–Crippen LogP) is 1.44. The molecule has 0 aromatic carbocycles. The van der Waals surface area contributed by atoms with Crippen molar-refractivity contribution in [3.63, 3.8) is 0 Å². The van der Waals surface area contributed by atoms with Crippen molar-refractivity contribution in [3.8, 4) is 0 Å². The Hall–Kier alpha value is -1.06. The van der Waals surface area contributed by atoms with E-state index in [9.17, 15) is 9.59 Å². The minimum atomic E-state index is -0.711. The van der Waals surface area contributed by atoms with Gasteiger partial charge in [-0.1, -0.05) is 0 Å². The Morgan fingerprint density at radius 1 is 1.29 bits per heavy atom. The third-order valence-corrected chi connectivity index (χ3v) is 2.83. The van der Waals surface area contributed by atoms with Gasteiger partial charge in [-0.3, -0.25) is 9.59 Å². The van der Waals surface area contributed by atoms with Crippen molar-refractivity contribution in [3.05, 3.63) is 0 Å². The zero-order valence-electron chi connectivity index (χ0n) is 8.15. The van der Waals surface area contributed by atoms with E-state index in [4.69, 9.17) is 9.84 Å². The first-order chi connectivity index (χ1) is 6.72. The van der Waals surface area contributed by atoms with Crippen molar-refractivity contribution in [2.75, 3.05) is 6.61 Å². The van der Waals surface area contributed by atoms with Crippen LogP contribution < -0.4 is 0 Å². The van der Waals surface area contributed by atoms with Crippen LogP contribution in [0, 0.1) is 11.8 Å². The topological polar surface area (TPSA) is 63.6 Å². The van der Waals surface area contributed by atoms with Gasteiger partial charge in [0, 0.05) is 6.42 Å². The summed E-state index contributed by atoms with van der Waals surface area (Å²) >= 11 is 0. The van der Waals surface area contributed by atoms with Crippen LogP contribution in [-0.4, -0.2) is 24.2 Å². The van der Waals surface area contributed by atoms with Crippen LogP contribution in [-0.2, 0) is 14.3 Å². The highest BCUT2D eigenvalue weighted by Gasteiger charge is 2.22. The van der Waals surface area contributed by atoms with Crippen LogP contribution in [0.3, 0.4) is 0 Å². The molecule has 1 aliphatic carbocycles. The van der Waals surface area contributed by atoms with E-state index in [2.05, 4.69) is 0 Å². The van der Waals surface area contributed by atoms with Crippen molar-refractivity contribution in [1.29, 1.82) is 0 Å². The summed E-state index contributed by atoms with van der Waals surface area (Å²) in [6.07, 6.45) is 4.12. The standard InChI is InChI=1S/C10H16O4/c11-7-14-6-9-3-1-8(2-4-9)5-10(12)13/h7-9H,1-6H2,(H,12,13). The second-order valence-corrected chi connectivity index (χ2v) is 3.91. The van der Waals surface area contributed by atoms with Gasteiger partial charge in [0.05, 0.1) is 6.61 Å². The molecule has 14 heavy (non-hydrogen) atoms. The number of carboxylic acids is 1. The van der Waals surface area contributed by atoms with Gasteiger partial charge in [-0.25, -0.2) is 0 Å². The highest BCUT2D eigenvalue weighted by molar-refractivity contribution is 5.67. The number of carboxylic acid groups (broad SMARTS) is 1. The molecule has 1 saturated carbocycles. The molecule has 0 aromatic rings. The van der Waals surface area contributed by atoms with Crippen molar-refractivity contribution in [1.82, 2.24) is 0 Å². The van der Waals surface area contributed by atoms with Crippen LogP contribution in [0.15, 0.2) is 0 Å². The molecule has 0 atom stereocenters. The van der Waals surface area contributed by atoms with Gasteiger partial charge in [0.15, 0.2) is 0 Å². The largest absolute Gasteiger partial charge is 0.481 e. The van der Waals surface area contributed by atoms with Crippen LogP contribution in [0.2, 0.25) is 0 Å². The fraction of sp³-hybridized carbons (Fsp3) is 0.800. The molecule has 1 N–H and O–H groups in total. The van der Waals surface area contributed by atoms with Crippen LogP contribution in [0.5, 0.6) is 0 Å². The lowest BCUT2D eigenvalue weighted by Crippen LogP contribution is -2.20. The maximum atomic E-state index is 10.5. The van der Waals surface area contributed by atoms with Crippen LogP contribution in [0.1, 0.15) is 32.1 Å². The minimum absolute atomic E-state index is 0.279. The average molecular weight is 200 g/mol. The molecular weight excluding hydrogens is 184 g/mol. The van der Waals surface area contributed by atoms with E-state index >= 15 is 0 Å². The fourth-order valence-electron chi connectivity index (χ4n) is 2.02. The number of aliphatic carboxylic acids is 1. The van der Waals surface area contributed by atoms with Gasteiger partial charge in [0.25, 0.3) is 6.47 Å². The maximum Gasteiger partial charge on any atom is 0.303 e. The van der Waals surface area contributed by atoms with E-state index in [1.807, 2.05) is 0 Å². The smallest absolute Gasteiger partial charge is 0.303 e. The number of hydrogen-bond donors (Lipinski definition) is 1. The maximum absolute atomic E-state index is 10.5. The van der Waals surface area contributed by atoms with Gasteiger partial charge in [-0.2, -0.15) is 0 Å². The second kappa shape index (κ2) is 5.62. The molecule has 4 heteroatoms. The molecule has 0 unspecified atom stereocenters. The molecule has 0 spiro atoms. The Kier molecular flexibility index (Phi) is 4.43. The summed E-state index contributed by atoms with van der Waals surface area (Å²) in [4.78, 5) is 20.4. The zero-order chi connectivity index (χ0) is 10.4. The van der Waals surface area contributed by atoms with E-state index < -0.39 is 5.97 Å². The highest BCUT2D eigenvalue weighted by Crippen LogP contribution is 2.30. The highest BCUT2D eigenvalue weighted by atomic mass is 16.5. The molecule has 0 saturated heterocycles. The summed E-state index contributed by atoms with van der Waals surface area (Å²) in [6, 6.07) is 0. The van der Waals surface area contributed by atoms with E-state index in [0.717, 1.165) is 25.7 Å². The Labute approximate surface area is 83.2 Å². The lowest BCUT2D eigenvalue weighted by molar-refractivity contribution is -0.138. The van der Waals surface area contributed by atoms with E-state index in [0.29, 0.717) is 24.9 Å². The quantitative estimate of drug-likeness (QED) is 0.682. The molecule has 0 amide bonds. The van der Waals surface area contributed by atoms with Gasteiger partial charge in [-0.05, 0) is 37.5 Å². The summed E-state index contributed by atoms with van der Waals surface area (Å²) in [5.41, 5.74) is 0. The van der Waals surface area contributed by atoms with Crippen LogP contribution in [0.25, 0.3) is 0 Å². The fourth-order valence-corrected chi connectivity index (χ4v) is 2.02. The van der Waals surface area contributed by atoms with Crippen molar-refractivity contribution >= 4 is 12.4 Å². The molecule has 0 bridgehead atoms. The molecule has 0 aromatic heterocycles. The number of carbonyl (C=O) groups is 2. The van der Waals surface area contributed by atoms with Crippen LogP contribution >= 0.6 is 0 Å². The van der Waals surface area contributed by atoms with Crippen molar-refractivity contribution < 1.29 is 19.4 Å². The van der Waals surface area contributed by atoms with Crippen LogP contribution in [0.4, 0.5) is 0 Å². The molecule has 0 aliphatic heterocycles. The second-order valence-electron chi connectivity index (χ2n) is 3.91. The Bertz CT molecular complexity index is 194. The van der Waals surface area contributed by atoms with E-state index in [1.54, 1.807) is 0 Å². The van der Waals surface area contributed by atoms with E-state index in [-0.39, 0.29) is 6.42 Å². The van der Waals surface area contributed by atoms with Gasteiger partial charge in [-0.15, -0.1) is 0 Å². The predicted molar refractivity (Wildman–Crippen MR) is 49.7 cm³/mol. The van der Waals surface area contributed by atoms with Crippen molar-refractivity contribution in [2.24, 2.45) is 11.8 Å². The molecule has 0 heterocycles. The first-order valence-corrected chi connectivity index (χ1v) is 4.99. The summed E-state index contributed by atoms with van der Waals surface area (Å²) in [5.74, 6) is 0.0443. The number of hydrogen-bond acceptors (Lipinski definition) is 3. The number of rotatable bonds is 5. The first kappa shape index (κ1) is 11.0. The SMILES string of the molecule is O=COCC1CCC(CC(=O)O)CC1. The monoisotopic (exact) mass is 200 g/mol. The minimum Gasteiger partial charge on any atom is -0.481 e. The summed E-state index contributed by atoms with van der Waals surface area (Å²) in [6.45, 7) is 0.965. The lowest BCUT2D eigenvalue weighted by atomic mass is 9.81. The van der Waals surface area contributed by atoms with Gasteiger partial charge >= 0.3 is 5.97 Å². The molecule has 4 nitrogen and oxygen atoms in total. The molecule has 80 valence electrons. The van der Waals surface area contributed by atoms with Gasteiger partial charge in [0.1, 0.15) is 0 Å². The van der Waals surface area contributed by atoms with E-state index in [1.165, 1.54) is 0 Å². The summed E-state index contributed by atoms with van der Waals surface area (Å²) in [5, 5.41) is 8.60. The Morgan fingerprint density at radius 3 is 2.36 bits per heavy atom. The van der Waals surface area contributed by atoms with Crippen molar-refractivity contribution in [2.45, 2.75) is 32.1 Å². The third-order valence-electron chi connectivity index (χ3n) is 2.83. The van der Waals surface area contributed by atoms with Gasteiger partial charge < -0.3 is 9.84 Å². The normalized spacial score (nSPS) is 26.9. The number of carbonyl (C=O) groups excluding carboxylic acids is 1. The molecule has 0 radical (unpaired) electrons. The summed E-state index contributed by atoms with van der Waals surface area (Å²) < 4.78 is 4.69. The molecular formula is C10H16O4. The lowest BCUT2D eigenvalue weighted by Gasteiger charge is -2.26. The summed E-state index contributed by atoms with van der Waals surface area (Å²) in [7, 11) is 0. The number of ether oxygens (including phenoxy) is 1. The third kappa shape index (κ3) is 3.77. The zero-order valence-corrected chi connectivity index (χ0v) is 8.15. The molecule has 1 rings (SSSR count). The average Bonchev–Trinajstić information content (AvgIpc) is 2.16. The molecule has 1 aliphatic rings. The molecule has 1 fully saturated rings. The Balaban J connectivity index is 2.17.